The van der Waals surface area contributed by atoms with Gasteiger partial charge in [-0.1, -0.05) is 20.8 Å². The third-order valence-electron chi connectivity index (χ3n) is 5.20. The number of H-pyrrole nitrogens is 1. The minimum atomic E-state index is -0.499. The van der Waals surface area contributed by atoms with Crippen LogP contribution in [-0.4, -0.2) is 39.8 Å². The Kier molecular flexibility index (Phi) is 5.79. The number of aromatic amines is 1. The van der Waals surface area contributed by atoms with Gasteiger partial charge < -0.3 is 10.1 Å². The van der Waals surface area contributed by atoms with Gasteiger partial charge in [-0.2, -0.15) is 5.10 Å². The smallest absolute Gasteiger partial charge is 0.327 e. The molecule has 2 amide bonds. The van der Waals surface area contributed by atoms with E-state index in [0.29, 0.717) is 36.6 Å². The van der Waals surface area contributed by atoms with Crippen LogP contribution < -0.4 is 20.3 Å². The van der Waals surface area contributed by atoms with Crippen molar-refractivity contribution in [3.05, 3.63) is 53.4 Å². The van der Waals surface area contributed by atoms with Crippen LogP contribution in [0, 0.1) is 5.82 Å². The van der Waals surface area contributed by atoms with E-state index < -0.39 is 5.82 Å². The predicted octanol–water partition coefficient (Wildman–Crippen LogP) is 3.74. The van der Waals surface area contributed by atoms with Gasteiger partial charge in [0, 0.05) is 41.9 Å². The summed E-state index contributed by atoms with van der Waals surface area (Å²) in [4.78, 5) is 22.5. The first-order valence-corrected chi connectivity index (χ1v) is 10.4. The first kappa shape index (κ1) is 21.7. The fourth-order valence-corrected chi connectivity index (χ4v) is 3.48. The molecule has 0 fully saturated rings. The molecule has 4 rings (SSSR count). The van der Waals surface area contributed by atoms with Crippen molar-refractivity contribution in [1.82, 2.24) is 25.5 Å². The highest BCUT2D eigenvalue weighted by Crippen LogP contribution is 2.36. The molecule has 168 valence electrons. The van der Waals surface area contributed by atoms with Crippen molar-refractivity contribution in [3.8, 4) is 11.6 Å². The van der Waals surface area contributed by atoms with Gasteiger partial charge >= 0.3 is 6.03 Å². The predicted molar refractivity (Wildman–Crippen MR) is 119 cm³/mol. The summed E-state index contributed by atoms with van der Waals surface area (Å²) >= 11 is 0. The number of nitrogens with one attached hydrogen (secondary N) is 3. The number of carbonyl (C=O) groups is 1. The van der Waals surface area contributed by atoms with Crippen LogP contribution >= 0.6 is 0 Å². The number of ether oxygens (including phenoxy) is 1. The molecule has 3 aromatic rings. The van der Waals surface area contributed by atoms with E-state index >= 15 is 4.39 Å². The van der Waals surface area contributed by atoms with Crippen LogP contribution in [0.25, 0.3) is 0 Å². The maximum absolute atomic E-state index is 15.1. The van der Waals surface area contributed by atoms with Crippen molar-refractivity contribution in [1.29, 1.82) is 0 Å². The summed E-state index contributed by atoms with van der Waals surface area (Å²) in [5.41, 5.74) is 2.46. The van der Waals surface area contributed by atoms with Crippen molar-refractivity contribution < 1.29 is 13.9 Å². The highest BCUT2D eigenvalue weighted by Gasteiger charge is 2.29. The molecule has 0 atom stereocenters. The summed E-state index contributed by atoms with van der Waals surface area (Å²) in [6.45, 7) is 7.05. The van der Waals surface area contributed by atoms with Gasteiger partial charge in [-0.05, 0) is 25.6 Å². The Hall–Kier alpha value is -3.53. The average molecular weight is 439 g/mol. The van der Waals surface area contributed by atoms with E-state index in [0.717, 1.165) is 11.4 Å². The lowest BCUT2D eigenvalue weighted by Gasteiger charge is -2.18. The molecule has 1 aliphatic heterocycles. The van der Waals surface area contributed by atoms with Crippen LogP contribution in [0.2, 0.25) is 0 Å². The molecule has 0 radical (unpaired) electrons. The number of urea groups is 1. The van der Waals surface area contributed by atoms with E-state index in [2.05, 4.69) is 30.8 Å². The topological polar surface area (TPSA) is 108 Å². The van der Waals surface area contributed by atoms with Crippen LogP contribution in [0.5, 0.6) is 11.6 Å². The van der Waals surface area contributed by atoms with Crippen molar-refractivity contribution in [2.24, 2.45) is 0 Å². The molecule has 3 N–H and O–H groups in total. The monoisotopic (exact) mass is 439 g/mol. The van der Waals surface area contributed by atoms with Gasteiger partial charge in [0.05, 0.1) is 11.4 Å². The maximum Gasteiger partial charge on any atom is 0.327 e. The second-order valence-electron chi connectivity index (χ2n) is 8.60. The van der Waals surface area contributed by atoms with Gasteiger partial charge in [-0.15, -0.1) is 0 Å². The van der Waals surface area contributed by atoms with Gasteiger partial charge in [0.15, 0.2) is 17.4 Å². The normalized spacial score (nSPS) is 13.2. The lowest BCUT2D eigenvalue weighted by atomic mass is 9.92. The van der Waals surface area contributed by atoms with Crippen molar-refractivity contribution in [3.63, 3.8) is 0 Å². The third kappa shape index (κ3) is 4.40. The zero-order valence-corrected chi connectivity index (χ0v) is 18.5. The largest absolute Gasteiger partial charge is 0.436 e. The summed E-state index contributed by atoms with van der Waals surface area (Å²) in [6.07, 6.45) is 1.76. The third-order valence-corrected chi connectivity index (χ3v) is 5.20. The molecule has 0 unspecified atom stereocenters. The summed E-state index contributed by atoms with van der Waals surface area (Å²) in [5.74, 6) is 0.239. The molecule has 1 aliphatic rings. The first-order valence-electron chi connectivity index (χ1n) is 10.4. The Morgan fingerprint density at radius 2 is 2.09 bits per heavy atom. The minimum absolute atomic E-state index is 0.0576. The second kappa shape index (κ2) is 8.54. The number of aromatic nitrogens is 4. The highest BCUT2D eigenvalue weighted by atomic mass is 19.1. The van der Waals surface area contributed by atoms with E-state index in [4.69, 9.17) is 4.74 Å². The summed E-state index contributed by atoms with van der Waals surface area (Å²) in [6, 6.07) is 6.28. The van der Waals surface area contributed by atoms with Gasteiger partial charge in [0.1, 0.15) is 6.33 Å². The lowest BCUT2D eigenvalue weighted by Crippen LogP contribution is -2.33. The highest BCUT2D eigenvalue weighted by molar-refractivity contribution is 6.02. The molecular formula is C22H26FN7O2. The Morgan fingerprint density at radius 1 is 1.28 bits per heavy atom. The van der Waals surface area contributed by atoms with Crippen LogP contribution in [0.3, 0.4) is 0 Å². The number of fused-ring (bicyclic) bond motifs is 1. The van der Waals surface area contributed by atoms with E-state index in [1.807, 2.05) is 20.8 Å². The molecular weight excluding hydrogens is 413 g/mol. The number of carbonyl (C=O) groups excluding carboxylic acids is 1. The van der Waals surface area contributed by atoms with Crippen molar-refractivity contribution >= 4 is 17.5 Å². The fourth-order valence-electron chi connectivity index (χ4n) is 3.48. The molecule has 0 aliphatic carbocycles. The summed E-state index contributed by atoms with van der Waals surface area (Å²) in [7, 11) is 1.81. The molecule has 9 nitrogen and oxygen atoms in total. The fraction of sp³-hybridized carbons (Fsp3) is 0.364. The van der Waals surface area contributed by atoms with E-state index in [9.17, 15) is 4.79 Å². The number of nitrogens with zero attached hydrogens (tertiary/aromatic N) is 4. The van der Waals surface area contributed by atoms with E-state index in [1.54, 1.807) is 25.2 Å². The quantitative estimate of drug-likeness (QED) is 0.559. The summed E-state index contributed by atoms with van der Waals surface area (Å²) in [5, 5.41) is 12.9. The van der Waals surface area contributed by atoms with Crippen LogP contribution in [0.4, 0.5) is 20.7 Å². The molecule has 0 saturated carbocycles. The van der Waals surface area contributed by atoms with Crippen LogP contribution in [-0.2, 0) is 18.4 Å². The second-order valence-corrected chi connectivity index (χ2v) is 8.60. The molecule has 0 saturated heterocycles. The minimum Gasteiger partial charge on any atom is -0.436 e. The van der Waals surface area contributed by atoms with Gasteiger partial charge in [-0.3, -0.25) is 15.3 Å². The van der Waals surface area contributed by atoms with E-state index in [1.165, 1.54) is 17.3 Å². The van der Waals surface area contributed by atoms with Gasteiger partial charge in [0.25, 0.3) is 0 Å². The number of anilines is 2. The number of halogens is 1. The Balaban J connectivity index is 1.50. The van der Waals surface area contributed by atoms with Crippen molar-refractivity contribution in [2.75, 3.05) is 23.8 Å². The molecule has 0 bridgehead atoms. The number of amides is 2. The standard InChI is InChI=1S/C22H26FN7O2/c1-22(2,3)17-10-18(29-28-17)27-21(31)30-8-7-14-15(30)5-6-16(20(14)23)32-19-9-13(11-24-4)25-12-26-19/h5-6,9-10,12,24H,7-8,11H2,1-4H3,(H2,27,28,29,31). The van der Waals surface area contributed by atoms with Gasteiger partial charge in [0.2, 0.25) is 5.88 Å². The Bertz CT molecular complexity index is 1140. The van der Waals surface area contributed by atoms with Crippen molar-refractivity contribution in [2.45, 2.75) is 39.2 Å². The SMILES string of the molecule is CNCc1cc(Oc2ccc3c(c2F)CCN3C(=O)Nc2cc(C(C)(C)C)[nH]n2)ncn1. The molecule has 1 aromatic carbocycles. The Labute approximate surface area is 185 Å². The number of hydrogen-bond donors (Lipinski definition) is 3. The molecule has 0 spiro atoms. The number of hydrogen-bond acceptors (Lipinski definition) is 6. The Morgan fingerprint density at radius 3 is 2.81 bits per heavy atom. The van der Waals surface area contributed by atoms with Gasteiger partial charge in [-0.25, -0.2) is 19.2 Å². The first-order chi connectivity index (χ1) is 15.3. The molecule has 3 heterocycles. The average Bonchev–Trinajstić information content (AvgIpc) is 3.38. The molecule has 2 aromatic heterocycles. The zero-order valence-electron chi connectivity index (χ0n) is 18.5. The molecule has 10 heteroatoms. The number of benzene rings is 1. The van der Waals surface area contributed by atoms with Crippen LogP contribution in [0.15, 0.2) is 30.6 Å². The summed E-state index contributed by atoms with van der Waals surface area (Å²) < 4.78 is 20.8. The molecule has 32 heavy (non-hydrogen) atoms. The number of rotatable bonds is 5. The van der Waals surface area contributed by atoms with E-state index in [-0.39, 0.29) is 23.1 Å². The lowest BCUT2D eigenvalue weighted by molar-refractivity contribution is 0.257. The maximum atomic E-state index is 15.1. The van der Waals surface area contributed by atoms with Crippen LogP contribution in [0.1, 0.15) is 37.7 Å². The zero-order chi connectivity index (χ0) is 22.9.